The maximum atomic E-state index is 13.4. The highest BCUT2D eigenvalue weighted by molar-refractivity contribution is 7.89. The first-order chi connectivity index (χ1) is 13.0. The van der Waals surface area contributed by atoms with Crippen LogP contribution in [0.3, 0.4) is 0 Å². The van der Waals surface area contributed by atoms with Crippen LogP contribution in [0, 0.1) is 33.6 Å². The third-order valence-electron chi connectivity index (χ3n) is 4.37. The molecule has 0 unspecified atom stereocenters. The Morgan fingerprint density at radius 1 is 1.14 bits per heavy atom. The topological polar surface area (TPSA) is 92.5 Å². The third-order valence-corrected chi connectivity index (χ3v) is 6.53. The van der Waals surface area contributed by atoms with Gasteiger partial charge in [-0.05, 0) is 51.2 Å². The van der Waals surface area contributed by atoms with E-state index >= 15 is 0 Å². The van der Waals surface area contributed by atoms with Gasteiger partial charge >= 0.3 is 0 Å². The predicted molar refractivity (Wildman–Crippen MR) is 109 cm³/mol. The van der Waals surface area contributed by atoms with Crippen LogP contribution in [0.25, 0.3) is 0 Å². The second kappa shape index (κ2) is 8.87. The van der Waals surface area contributed by atoms with Gasteiger partial charge in [-0.3, -0.25) is 4.79 Å². The van der Waals surface area contributed by atoms with Crippen molar-refractivity contribution >= 4 is 21.7 Å². The average molecular weight is 408 g/mol. The summed E-state index contributed by atoms with van der Waals surface area (Å²) in [6, 6.07) is 5.27. The highest BCUT2D eigenvalue weighted by Crippen LogP contribution is 2.26. The summed E-state index contributed by atoms with van der Waals surface area (Å²) in [6.45, 7) is 11.2. The molecule has 0 aliphatic carbocycles. The predicted octanol–water partition coefficient (Wildman–Crippen LogP) is 3.58. The van der Waals surface area contributed by atoms with Gasteiger partial charge in [0.2, 0.25) is 15.9 Å². The number of carbonyl (C=O) groups is 1. The van der Waals surface area contributed by atoms with Crippen LogP contribution in [0.1, 0.15) is 42.7 Å². The van der Waals surface area contributed by atoms with E-state index < -0.39 is 15.9 Å². The van der Waals surface area contributed by atoms with Crippen LogP contribution in [0.5, 0.6) is 0 Å². The number of anilines is 1. The van der Waals surface area contributed by atoms with E-state index in [0.29, 0.717) is 29.2 Å². The fraction of sp³-hybridized carbons (Fsp3) is 0.500. The highest BCUT2D eigenvalue weighted by Gasteiger charge is 2.29. The molecule has 0 atom stereocenters. The first-order valence-corrected chi connectivity index (χ1v) is 10.8. The Bertz CT molecular complexity index is 925. The molecule has 0 spiro atoms. The zero-order valence-electron chi connectivity index (χ0n) is 17.4. The maximum absolute atomic E-state index is 13.4. The van der Waals surface area contributed by atoms with Gasteiger partial charge in [0.15, 0.2) is 5.82 Å². The van der Waals surface area contributed by atoms with Gasteiger partial charge in [-0.25, -0.2) is 8.42 Å². The Morgan fingerprint density at radius 3 is 2.25 bits per heavy atom. The molecule has 1 amide bonds. The third kappa shape index (κ3) is 5.42. The molecule has 1 aromatic carbocycles. The number of hydrogen-bond donors (Lipinski definition) is 1. The largest absolute Gasteiger partial charge is 0.360 e. The summed E-state index contributed by atoms with van der Waals surface area (Å²) in [7, 11) is -3.83. The Hall–Kier alpha value is -2.19. The van der Waals surface area contributed by atoms with Crippen LogP contribution in [0.4, 0.5) is 5.82 Å². The summed E-state index contributed by atoms with van der Waals surface area (Å²) in [5.74, 6) is 0.680. The van der Waals surface area contributed by atoms with Crippen LogP contribution in [-0.4, -0.2) is 36.9 Å². The molecule has 1 N–H and O–H groups in total. The average Bonchev–Trinajstić information content (AvgIpc) is 2.94. The number of amides is 1. The van der Waals surface area contributed by atoms with Crippen molar-refractivity contribution in [3.05, 3.63) is 40.6 Å². The Labute approximate surface area is 167 Å². The fourth-order valence-corrected chi connectivity index (χ4v) is 4.98. The quantitative estimate of drug-likeness (QED) is 0.722. The number of aryl methyl sites for hydroxylation is 4. The van der Waals surface area contributed by atoms with Crippen molar-refractivity contribution in [1.82, 2.24) is 9.46 Å². The number of nitrogens with one attached hydrogen (secondary N) is 1. The van der Waals surface area contributed by atoms with E-state index in [9.17, 15) is 13.2 Å². The molecule has 0 saturated carbocycles. The first-order valence-electron chi connectivity index (χ1n) is 9.32. The van der Waals surface area contributed by atoms with E-state index in [1.165, 1.54) is 4.31 Å². The van der Waals surface area contributed by atoms with Crippen molar-refractivity contribution in [2.24, 2.45) is 5.92 Å². The normalized spacial score (nSPS) is 12.0. The van der Waals surface area contributed by atoms with Gasteiger partial charge in [0.25, 0.3) is 0 Å². The zero-order valence-corrected chi connectivity index (χ0v) is 18.2. The van der Waals surface area contributed by atoms with Gasteiger partial charge in [0.1, 0.15) is 5.76 Å². The van der Waals surface area contributed by atoms with Crippen molar-refractivity contribution in [1.29, 1.82) is 0 Å². The van der Waals surface area contributed by atoms with Crippen LogP contribution in [0.15, 0.2) is 27.6 Å². The lowest BCUT2D eigenvalue weighted by Crippen LogP contribution is -2.39. The van der Waals surface area contributed by atoms with Crippen LogP contribution in [0.2, 0.25) is 0 Å². The van der Waals surface area contributed by atoms with E-state index in [0.717, 1.165) is 5.56 Å². The van der Waals surface area contributed by atoms with Gasteiger partial charge in [0.05, 0.1) is 11.4 Å². The molecule has 2 aromatic rings. The summed E-state index contributed by atoms with van der Waals surface area (Å²) in [6.07, 6.45) is 0.652. The van der Waals surface area contributed by atoms with Crippen LogP contribution < -0.4 is 5.32 Å². The lowest BCUT2D eigenvalue weighted by molar-refractivity contribution is -0.116. The SMILES string of the molecule is Cc1cc(C)c(S(=O)(=O)N(CCC(C)C)CC(=O)Nc2cc(C)on2)c(C)c1. The molecule has 0 aliphatic heterocycles. The number of hydrogen-bond acceptors (Lipinski definition) is 5. The monoisotopic (exact) mass is 407 g/mol. The molecule has 0 radical (unpaired) electrons. The summed E-state index contributed by atoms with van der Waals surface area (Å²) in [5, 5.41) is 6.31. The van der Waals surface area contributed by atoms with Gasteiger partial charge in [-0.15, -0.1) is 0 Å². The van der Waals surface area contributed by atoms with Crippen molar-refractivity contribution in [3.8, 4) is 0 Å². The molecule has 0 saturated heterocycles. The second-order valence-corrected chi connectivity index (χ2v) is 9.49. The van der Waals surface area contributed by atoms with E-state index in [2.05, 4.69) is 10.5 Å². The van der Waals surface area contributed by atoms with E-state index in [1.54, 1.807) is 26.8 Å². The summed E-state index contributed by atoms with van der Waals surface area (Å²) < 4.78 is 33.0. The Kier molecular flexibility index (Phi) is 7.01. The van der Waals surface area contributed by atoms with Crippen LogP contribution in [-0.2, 0) is 14.8 Å². The molecular weight excluding hydrogens is 378 g/mol. The van der Waals surface area contributed by atoms with Crippen molar-refractivity contribution in [2.75, 3.05) is 18.4 Å². The molecule has 1 aromatic heterocycles. The summed E-state index contributed by atoms with van der Waals surface area (Å²) in [5.41, 5.74) is 2.36. The van der Waals surface area contributed by atoms with E-state index in [-0.39, 0.29) is 23.8 Å². The van der Waals surface area contributed by atoms with E-state index in [4.69, 9.17) is 4.52 Å². The number of sulfonamides is 1. The van der Waals surface area contributed by atoms with Crippen molar-refractivity contribution in [2.45, 2.75) is 52.9 Å². The lowest BCUT2D eigenvalue weighted by atomic mass is 10.1. The van der Waals surface area contributed by atoms with E-state index in [1.807, 2.05) is 32.9 Å². The summed E-state index contributed by atoms with van der Waals surface area (Å²) in [4.78, 5) is 12.8. The fourth-order valence-electron chi connectivity index (χ4n) is 3.16. The van der Waals surface area contributed by atoms with Crippen molar-refractivity contribution < 1.29 is 17.7 Å². The lowest BCUT2D eigenvalue weighted by Gasteiger charge is -2.24. The highest BCUT2D eigenvalue weighted by atomic mass is 32.2. The Morgan fingerprint density at radius 2 is 1.75 bits per heavy atom. The first kappa shape index (κ1) is 22.1. The number of rotatable bonds is 8. The number of nitrogens with zero attached hydrogens (tertiary/aromatic N) is 2. The molecule has 0 bridgehead atoms. The molecule has 7 nitrogen and oxygen atoms in total. The zero-order chi connectivity index (χ0) is 21.1. The van der Waals surface area contributed by atoms with Gasteiger partial charge in [-0.2, -0.15) is 4.31 Å². The van der Waals surface area contributed by atoms with Gasteiger partial charge in [0, 0.05) is 12.6 Å². The minimum atomic E-state index is -3.83. The van der Waals surface area contributed by atoms with Gasteiger partial charge < -0.3 is 9.84 Å². The molecule has 0 aliphatic rings. The summed E-state index contributed by atoms with van der Waals surface area (Å²) >= 11 is 0. The Balaban J connectivity index is 2.32. The molecule has 8 heteroatoms. The molecular formula is C20H29N3O4S. The number of carbonyl (C=O) groups excluding carboxylic acids is 1. The maximum Gasteiger partial charge on any atom is 0.244 e. The minimum absolute atomic E-state index is 0.262. The number of benzene rings is 1. The smallest absolute Gasteiger partial charge is 0.244 e. The van der Waals surface area contributed by atoms with Gasteiger partial charge in [-0.1, -0.05) is 36.7 Å². The molecule has 1 heterocycles. The molecule has 0 fully saturated rings. The van der Waals surface area contributed by atoms with Crippen LogP contribution >= 0.6 is 0 Å². The molecule has 2 rings (SSSR count). The number of aromatic nitrogens is 1. The minimum Gasteiger partial charge on any atom is -0.360 e. The second-order valence-electron chi connectivity index (χ2n) is 7.62. The molecule has 28 heavy (non-hydrogen) atoms. The van der Waals surface area contributed by atoms with Crippen molar-refractivity contribution in [3.63, 3.8) is 0 Å². The standard InChI is InChI=1S/C20H29N3O4S/c1-13(2)7-8-23(12-19(24)21-18-11-17(6)27-22-18)28(25,26)20-15(4)9-14(3)10-16(20)5/h9-11,13H,7-8,12H2,1-6H3,(H,21,22,24). The molecule has 154 valence electrons.